The summed E-state index contributed by atoms with van der Waals surface area (Å²) < 4.78 is 3.89. The first-order valence-electron chi connectivity index (χ1n) is 8.51. The molecule has 0 spiro atoms. The average molecular weight is 314 g/mol. The van der Waals surface area contributed by atoms with Crippen LogP contribution in [0, 0.1) is 0 Å². The van der Waals surface area contributed by atoms with Gasteiger partial charge in [-0.2, -0.15) is 5.10 Å². The zero-order valence-corrected chi connectivity index (χ0v) is 13.2. The highest BCUT2D eigenvalue weighted by Crippen LogP contribution is 2.29. The summed E-state index contributed by atoms with van der Waals surface area (Å²) in [6, 6.07) is 2.69. The predicted molar refractivity (Wildman–Crippen MR) is 83.9 cm³/mol. The molecule has 0 N–H and O–H groups in total. The standard InChI is InChI=1S/C16H22N6O/c23-16(15-7-11-21(18-15)13-3-1-2-4-13)20-9-5-14(6-10-20)22-12-8-17-19-22/h7-8,11-14H,1-6,9-10H2. The van der Waals surface area contributed by atoms with Gasteiger partial charge in [0.2, 0.25) is 0 Å². The molecule has 2 fully saturated rings. The molecule has 1 aliphatic carbocycles. The van der Waals surface area contributed by atoms with Gasteiger partial charge in [-0.25, -0.2) is 4.68 Å². The Bertz CT molecular complexity index is 650. The van der Waals surface area contributed by atoms with E-state index in [0.29, 0.717) is 17.8 Å². The van der Waals surface area contributed by atoms with Gasteiger partial charge in [0, 0.05) is 25.5 Å². The maximum Gasteiger partial charge on any atom is 0.274 e. The van der Waals surface area contributed by atoms with Gasteiger partial charge in [0.15, 0.2) is 0 Å². The number of piperidine rings is 1. The van der Waals surface area contributed by atoms with Crippen LogP contribution in [0.15, 0.2) is 24.7 Å². The fraction of sp³-hybridized carbons (Fsp3) is 0.625. The molecule has 1 saturated heterocycles. The highest BCUT2D eigenvalue weighted by Gasteiger charge is 2.27. The Morgan fingerprint density at radius 1 is 1.00 bits per heavy atom. The molecule has 3 heterocycles. The molecule has 2 aromatic heterocycles. The van der Waals surface area contributed by atoms with Gasteiger partial charge in [0.1, 0.15) is 5.69 Å². The van der Waals surface area contributed by atoms with E-state index in [1.165, 1.54) is 25.7 Å². The molecule has 1 aliphatic heterocycles. The molecule has 122 valence electrons. The van der Waals surface area contributed by atoms with Crippen molar-refractivity contribution in [1.82, 2.24) is 29.7 Å². The van der Waals surface area contributed by atoms with Crippen LogP contribution in [0.2, 0.25) is 0 Å². The Labute approximate surface area is 135 Å². The summed E-state index contributed by atoms with van der Waals surface area (Å²) in [5.74, 6) is 0.0544. The van der Waals surface area contributed by atoms with Crippen LogP contribution >= 0.6 is 0 Å². The molecule has 0 bridgehead atoms. The Hall–Kier alpha value is -2.18. The van der Waals surface area contributed by atoms with Gasteiger partial charge in [0.25, 0.3) is 5.91 Å². The lowest BCUT2D eigenvalue weighted by molar-refractivity contribution is 0.0682. The summed E-state index contributed by atoms with van der Waals surface area (Å²) in [7, 11) is 0. The van der Waals surface area contributed by atoms with Crippen LogP contribution in [0.4, 0.5) is 0 Å². The third kappa shape index (κ3) is 2.87. The van der Waals surface area contributed by atoms with Crippen LogP contribution in [0.3, 0.4) is 0 Å². The van der Waals surface area contributed by atoms with Crippen molar-refractivity contribution in [1.29, 1.82) is 0 Å². The summed E-state index contributed by atoms with van der Waals surface area (Å²) >= 11 is 0. The molecule has 7 heteroatoms. The number of nitrogens with zero attached hydrogens (tertiary/aromatic N) is 6. The van der Waals surface area contributed by atoms with Gasteiger partial charge >= 0.3 is 0 Å². The fourth-order valence-corrected chi connectivity index (χ4v) is 3.73. The maximum atomic E-state index is 12.6. The highest BCUT2D eigenvalue weighted by atomic mass is 16.2. The molecule has 0 unspecified atom stereocenters. The number of carbonyl (C=O) groups is 1. The zero-order valence-electron chi connectivity index (χ0n) is 13.2. The van der Waals surface area contributed by atoms with Crippen molar-refractivity contribution in [2.24, 2.45) is 0 Å². The molecule has 7 nitrogen and oxygen atoms in total. The van der Waals surface area contributed by atoms with Crippen molar-refractivity contribution in [2.75, 3.05) is 13.1 Å². The Morgan fingerprint density at radius 2 is 1.74 bits per heavy atom. The van der Waals surface area contributed by atoms with Gasteiger partial charge in [-0.1, -0.05) is 18.1 Å². The number of rotatable bonds is 3. The number of amides is 1. The second kappa shape index (κ2) is 6.14. The summed E-state index contributed by atoms with van der Waals surface area (Å²) in [5.41, 5.74) is 0.580. The van der Waals surface area contributed by atoms with Gasteiger partial charge in [0.05, 0.1) is 18.3 Å². The maximum absolute atomic E-state index is 12.6. The topological polar surface area (TPSA) is 68.8 Å². The average Bonchev–Trinajstić information content (AvgIpc) is 3.36. The van der Waals surface area contributed by atoms with Crippen molar-refractivity contribution in [3.8, 4) is 0 Å². The van der Waals surface area contributed by atoms with Crippen LogP contribution in [0.5, 0.6) is 0 Å². The van der Waals surface area contributed by atoms with Crippen LogP contribution in [-0.4, -0.2) is 48.7 Å². The van der Waals surface area contributed by atoms with E-state index >= 15 is 0 Å². The first-order valence-corrected chi connectivity index (χ1v) is 8.51. The van der Waals surface area contributed by atoms with Crippen molar-refractivity contribution in [2.45, 2.75) is 50.6 Å². The second-order valence-electron chi connectivity index (χ2n) is 6.53. The normalized spacial score (nSPS) is 20.3. The minimum Gasteiger partial charge on any atom is -0.337 e. The Kier molecular flexibility index (Phi) is 3.85. The minimum absolute atomic E-state index is 0.0544. The lowest BCUT2D eigenvalue weighted by atomic mass is 10.1. The monoisotopic (exact) mass is 314 g/mol. The van der Waals surface area contributed by atoms with Crippen LogP contribution in [-0.2, 0) is 0 Å². The van der Waals surface area contributed by atoms with E-state index in [4.69, 9.17) is 0 Å². The summed E-state index contributed by atoms with van der Waals surface area (Å²) in [4.78, 5) is 14.5. The van der Waals surface area contributed by atoms with Gasteiger partial charge in [-0.15, -0.1) is 5.10 Å². The molecule has 0 atom stereocenters. The number of carbonyl (C=O) groups excluding carboxylic acids is 1. The highest BCUT2D eigenvalue weighted by molar-refractivity contribution is 5.92. The fourth-order valence-electron chi connectivity index (χ4n) is 3.73. The Balaban J connectivity index is 1.38. The molecule has 23 heavy (non-hydrogen) atoms. The first kappa shape index (κ1) is 14.4. The van der Waals surface area contributed by atoms with Gasteiger partial charge in [-0.3, -0.25) is 9.48 Å². The Morgan fingerprint density at radius 3 is 2.43 bits per heavy atom. The summed E-state index contributed by atoms with van der Waals surface area (Å²) in [6.45, 7) is 1.50. The van der Waals surface area contributed by atoms with Crippen LogP contribution < -0.4 is 0 Å². The molecule has 0 aromatic carbocycles. The molecular weight excluding hydrogens is 292 g/mol. The van der Waals surface area contributed by atoms with E-state index in [1.54, 1.807) is 6.20 Å². The lowest BCUT2D eigenvalue weighted by Gasteiger charge is -2.31. The van der Waals surface area contributed by atoms with E-state index in [1.807, 2.05) is 32.7 Å². The lowest BCUT2D eigenvalue weighted by Crippen LogP contribution is -2.39. The number of aromatic nitrogens is 5. The SMILES string of the molecule is O=C(c1ccn(C2CCCC2)n1)N1CCC(n2ccnn2)CC1. The zero-order chi connectivity index (χ0) is 15.6. The largest absolute Gasteiger partial charge is 0.337 e. The molecule has 1 amide bonds. The van der Waals surface area contributed by atoms with Crippen LogP contribution in [0.1, 0.15) is 61.1 Å². The number of hydrogen-bond donors (Lipinski definition) is 0. The molecule has 2 aliphatic rings. The predicted octanol–water partition coefficient (Wildman–Crippen LogP) is 2.07. The third-order valence-corrected chi connectivity index (χ3v) is 5.09. The molecule has 1 saturated carbocycles. The van der Waals surface area contributed by atoms with Crippen molar-refractivity contribution >= 4 is 5.91 Å². The van der Waals surface area contributed by atoms with E-state index < -0.39 is 0 Å². The molecule has 4 rings (SSSR count). The van der Waals surface area contributed by atoms with Crippen LogP contribution in [0.25, 0.3) is 0 Å². The van der Waals surface area contributed by atoms with E-state index in [-0.39, 0.29) is 5.91 Å². The first-order chi connectivity index (χ1) is 11.3. The van der Waals surface area contributed by atoms with Crippen molar-refractivity contribution < 1.29 is 4.79 Å². The summed E-state index contributed by atoms with van der Waals surface area (Å²) in [6.07, 6.45) is 12.3. The van der Waals surface area contributed by atoms with E-state index in [0.717, 1.165) is 25.9 Å². The minimum atomic E-state index is 0.0544. The van der Waals surface area contributed by atoms with E-state index in [9.17, 15) is 4.79 Å². The smallest absolute Gasteiger partial charge is 0.274 e. The number of likely N-dealkylation sites (tertiary alicyclic amines) is 1. The number of hydrogen-bond acceptors (Lipinski definition) is 4. The van der Waals surface area contributed by atoms with Crippen molar-refractivity contribution in [3.63, 3.8) is 0 Å². The quantitative estimate of drug-likeness (QED) is 0.869. The van der Waals surface area contributed by atoms with Gasteiger partial charge in [-0.05, 0) is 31.7 Å². The van der Waals surface area contributed by atoms with Crippen molar-refractivity contribution in [3.05, 3.63) is 30.4 Å². The van der Waals surface area contributed by atoms with E-state index in [2.05, 4.69) is 15.4 Å². The molecule has 0 radical (unpaired) electrons. The summed E-state index contributed by atoms with van der Waals surface area (Å²) in [5, 5.41) is 12.5. The molecule has 2 aromatic rings. The van der Waals surface area contributed by atoms with Gasteiger partial charge < -0.3 is 4.90 Å². The second-order valence-corrected chi connectivity index (χ2v) is 6.53. The third-order valence-electron chi connectivity index (χ3n) is 5.09. The molecular formula is C16H22N6O.